The van der Waals surface area contributed by atoms with Gasteiger partial charge in [-0.25, -0.2) is 4.79 Å². The van der Waals surface area contributed by atoms with Crippen molar-refractivity contribution in [3.05, 3.63) is 77.2 Å². The van der Waals surface area contributed by atoms with Crippen LogP contribution in [-0.2, 0) is 9.53 Å². The zero-order valence-corrected chi connectivity index (χ0v) is 19.2. The van der Waals surface area contributed by atoms with Crippen molar-refractivity contribution in [2.24, 2.45) is 0 Å². The monoisotopic (exact) mass is 450 g/mol. The summed E-state index contributed by atoms with van der Waals surface area (Å²) in [5.41, 5.74) is 2.19. The number of likely N-dealkylation sites (tertiary alicyclic amines) is 1. The maximum absolute atomic E-state index is 12.6. The fraction of sp³-hybridized carbons (Fsp3) is 0.385. The Bertz CT molecular complexity index is 927. The number of rotatable bonds is 7. The predicted molar refractivity (Wildman–Crippen MR) is 129 cm³/mol. The Kier molecular flexibility index (Phi) is 7.53. The number of benzene rings is 2. The van der Waals surface area contributed by atoms with Crippen LogP contribution in [0.4, 0.5) is 4.79 Å². The van der Waals surface area contributed by atoms with E-state index in [-0.39, 0.29) is 30.2 Å². The number of hydrogen-bond donors (Lipinski definition) is 0. The molecule has 2 heterocycles. The third-order valence-corrected chi connectivity index (χ3v) is 7.01. The van der Waals surface area contributed by atoms with Crippen molar-refractivity contribution in [1.82, 2.24) is 9.80 Å². The second-order valence-corrected chi connectivity index (χ2v) is 9.32. The number of thioether (sulfide) groups is 1. The molecular weight excluding hydrogens is 420 g/mol. The van der Waals surface area contributed by atoms with Crippen LogP contribution in [0.1, 0.15) is 43.4 Å². The normalized spacial score (nSPS) is 21.8. The van der Waals surface area contributed by atoms with Gasteiger partial charge in [0.25, 0.3) is 0 Å². The number of cyclic esters (lactones) is 1. The van der Waals surface area contributed by atoms with Crippen molar-refractivity contribution >= 4 is 29.8 Å². The van der Waals surface area contributed by atoms with E-state index in [1.54, 1.807) is 11.8 Å². The third kappa shape index (κ3) is 5.36. The van der Waals surface area contributed by atoms with E-state index in [1.165, 1.54) is 0 Å². The van der Waals surface area contributed by atoms with E-state index in [0.29, 0.717) is 19.5 Å². The SMILES string of the molecule is C[C@H]1[C@@H](c2ccccc2)OC(=O)N1C1CCN(C(=O)CCS/C=C\c2ccccc2)CC1. The van der Waals surface area contributed by atoms with Gasteiger partial charge < -0.3 is 9.64 Å². The van der Waals surface area contributed by atoms with Crippen molar-refractivity contribution in [3.63, 3.8) is 0 Å². The van der Waals surface area contributed by atoms with E-state index in [4.69, 9.17) is 4.74 Å². The first-order chi connectivity index (χ1) is 15.6. The lowest BCUT2D eigenvalue weighted by molar-refractivity contribution is -0.132. The highest BCUT2D eigenvalue weighted by Crippen LogP contribution is 2.35. The molecule has 0 radical (unpaired) electrons. The molecule has 5 nitrogen and oxygen atoms in total. The standard InChI is InChI=1S/C26H30N2O3S/c1-20-25(22-10-6-3-7-11-22)31-26(30)28(20)23-12-16-27(17-13-23)24(29)15-19-32-18-14-21-8-4-2-5-9-21/h2-11,14,18,20,23,25H,12-13,15-17,19H2,1H3/b18-14-/t20-,25-/m0/s1. The van der Waals surface area contributed by atoms with Crippen molar-refractivity contribution in [2.75, 3.05) is 18.8 Å². The van der Waals surface area contributed by atoms with Gasteiger partial charge in [-0.15, -0.1) is 11.8 Å². The van der Waals surface area contributed by atoms with Crippen LogP contribution >= 0.6 is 11.8 Å². The number of nitrogens with zero attached hydrogens (tertiary/aromatic N) is 2. The molecule has 6 heteroatoms. The molecule has 2 aromatic rings. The second-order valence-electron chi connectivity index (χ2n) is 8.31. The summed E-state index contributed by atoms with van der Waals surface area (Å²) in [5.74, 6) is 0.972. The first-order valence-corrected chi connectivity index (χ1v) is 12.3. The first kappa shape index (κ1) is 22.5. The molecule has 0 saturated carbocycles. The van der Waals surface area contributed by atoms with Crippen LogP contribution in [0, 0.1) is 0 Å². The molecule has 32 heavy (non-hydrogen) atoms. The average molecular weight is 451 g/mol. The van der Waals surface area contributed by atoms with Gasteiger partial charge in [0.1, 0.15) is 6.10 Å². The fourth-order valence-corrected chi connectivity index (χ4v) is 5.19. The van der Waals surface area contributed by atoms with Gasteiger partial charge in [0, 0.05) is 31.3 Å². The molecule has 2 aliphatic heterocycles. The number of carbonyl (C=O) groups excluding carboxylic acids is 2. The molecule has 0 N–H and O–H groups in total. The lowest BCUT2D eigenvalue weighted by Gasteiger charge is -2.37. The fourth-order valence-electron chi connectivity index (χ4n) is 4.51. The number of amides is 2. The molecule has 2 amide bonds. The van der Waals surface area contributed by atoms with Crippen LogP contribution in [0.3, 0.4) is 0 Å². The zero-order valence-electron chi connectivity index (χ0n) is 18.4. The summed E-state index contributed by atoms with van der Waals surface area (Å²) >= 11 is 1.66. The minimum atomic E-state index is -0.238. The molecule has 0 aromatic heterocycles. The van der Waals surface area contributed by atoms with E-state index < -0.39 is 0 Å². The minimum absolute atomic E-state index is 0.00930. The van der Waals surface area contributed by atoms with E-state index in [0.717, 1.165) is 29.7 Å². The van der Waals surface area contributed by atoms with E-state index in [2.05, 4.69) is 30.5 Å². The lowest BCUT2D eigenvalue weighted by Crippen LogP contribution is -2.49. The Balaban J connectivity index is 1.22. The Labute approximate surface area is 194 Å². The summed E-state index contributed by atoms with van der Waals surface area (Å²) in [6, 6.07) is 20.2. The Morgan fingerprint density at radius 3 is 2.41 bits per heavy atom. The van der Waals surface area contributed by atoms with Gasteiger partial charge in [0.2, 0.25) is 5.91 Å². The smallest absolute Gasteiger partial charge is 0.411 e. The van der Waals surface area contributed by atoms with Crippen LogP contribution in [0.5, 0.6) is 0 Å². The second kappa shape index (κ2) is 10.7. The van der Waals surface area contributed by atoms with Crippen molar-refractivity contribution in [2.45, 2.75) is 44.4 Å². The summed E-state index contributed by atoms with van der Waals surface area (Å²) in [4.78, 5) is 29.0. The Morgan fingerprint density at radius 2 is 1.72 bits per heavy atom. The summed E-state index contributed by atoms with van der Waals surface area (Å²) in [6.07, 6.45) is 3.73. The van der Waals surface area contributed by atoms with Crippen molar-refractivity contribution in [3.8, 4) is 0 Å². The van der Waals surface area contributed by atoms with Crippen LogP contribution in [0.2, 0.25) is 0 Å². The topological polar surface area (TPSA) is 49.9 Å². The van der Waals surface area contributed by atoms with Gasteiger partial charge in [-0.3, -0.25) is 9.69 Å². The van der Waals surface area contributed by atoms with Crippen LogP contribution in [0.15, 0.2) is 66.1 Å². The van der Waals surface area contributed by atoms with Gasteiger partial charge in [0.15, 0.2) is 0 Å². The minimum Gasteiger partial charge on any atom is -0.439 e. The van der Waals surface area contributed by atoms with Crippen molar-refractivity contribution < 1.29 is 14.3 Å². The van der Waals surface area contributed by atoms with Crippen molar-refractivity contribution in [1.29, 1.82) is 0 Å². The van der Waals surface area contributed by atoms with Crippen LogP contribution in [-0.4, -0.2) is 52.7 Å². The number of ether oxygens (including phenoxy) is 1. The summed E-state index contributed by atoms with van der Waals surface area (Å²) in [6.45, 7) is 3.45. The highest BCUT2D eigenvalue weighted by Gasteiger charge is 2.44. The van der Waals surface area contributed by atoms with Gasteiger partial charge in [-0.2, -0.15) is 0 Å². The number of carbonyl (C=O) groups is 2. The molecule has 2 fully saturated rings. The molecule has 168 valence electrons. The van der Waals surface area contributed by atoms with E-state index in [9.17, 15) is 9.59 Å². The maximum Gasteiger partial charge on any atom is 0.411 e. The van der Waals surface area contributed by atoms with Crippen LogP contribution < -0.4 is 0 Å². The summed E-state index contributed by atoms with van der Waals surface area (Å²) in [7, 11) is 0. The molecule has 2 aromatic carbocycles. The summed E-state index contributed by atoms with van der Waals surface area (Å²) < 4.78 is 5.71. The molecule has 0 unspecified atom stereocenters. The van der Waals surface area contributed by atoms with E-state index >= 15 is 0 Å². The quantitative estimate of drug-likeness (QED) is 0.533. The first-order valence-electron chi connectivity index (χ1n) is 11.3. The zero-order chi connectivity index (χ0) is 22.3. The number of hydrogen-bond acceptors (Lipinski definition) is 4. The average Bonchev–Trinajstić information content (AvgIpc) is 3.14. The van der Waals surface area contributed by atoms with Gasteiger partial charge in [0.05, 0.1) is 6.04 Å². The van der Waals surface area contributed by atoms with E-state index in [1.807, 2.05) is 58.3 Å². The van der Waals surface area contributed by atoms with Gasteiger partial charge in [-0.05, 0) is 42.4 Å². The maximum atomic E-state index is 12.6. The van der Waals surface area contributed by atoms with Gasteiger partial charge in [-0.1, -0.05) is 60.7 Å². The van der Waals surface area contributed by atoms with Crippen LogP contribution in [0.25, 0.3) is 6.08 Å². The molecule has 0 spiro atoms. The number of piperidine rings is 1. The molecular formula is C26H30N2O3S. The summed E-state index contributed by atoms with van der Waals surface area (Å²) in [5, 5.41) is 2.05. The highest BCUT2D eigenvalue weighted by atomic mass is 32.2. The Morgan fingerprint density at radius 1 is 1.06 bits per heavy atom. The molecule has 4 rings (SSSR count). The molecule has 2 aliphatic rings. The third-order valence-electron chi connectivity index (χ3n) is 6.24. The van der Waals surface area contributed by atoms with Gasteiger partial charge >= 0.3 is 6.09 Å². The molecule has 2 saturated heterocycles. The highest BCUT2D eigenvalue weighted by molar-refractivity contribution is 8.02. The molecule has 0 aliphatic carbocycles. The Hall–Kier alpha value is -2.73. The molecule has 0 bridgehead atoms. The molecule has 2 atom stereocenters. The lowest BCUT2D eigenvalue weighted by atomic mass is 9.98. The predicted octanol–water partition coefficient (Wildman–Crippen LogP) is 5.35. The largest absolute Gasteiger partial charge is 0.439 e.